The molecule has 5 heteroatoms. The number of rotatable bonds is 7. The molecule has 0 bridgehead atoms. The van der Waals surface area contributed by atoms with E-state index in [-0.39, 0.29) is 10.8 Å². The van der Waals surface area contributed by atoms with Crippen LogP contribution in [0.15, 0.2) is 84.9 Å². The number of hydrogen-bond acceptors (Lipinski definition) is 4. The van der Waals surface area contributed by atoms with Gasteiger partial charge >= 0.3 is 247 Å². The van der Waals surface area contributed by atoms with Crippen LogP contribution in [0.4, 0.5) is 0 Å². The Morgan fingerprint density at radius 2 is 1.05 bits per heavy atom. The van der Waals surface area contributed by atoms with Crippen molar-refractivity contribution in [3.8, 4) is 11.5 Å². The molecule has 0 atom stereocenters. The number of aryl methyl sites for hydroxylation is 3. The van der Waals surface area contributed by atoms with E-state index in [4.69, 9.17) is 14.8 Å². The van der Waals surface area contributed by atoms with Gasteiger partial charge in [0.1, 0.15) is 0 Å². The average Bonchev–Trinajstić information content (AvgIpc) is 2.89. The molecule has 4 rings (SSSR count). The van der Waals surface area contributed by atoms with E-state index in [1.165, 1.54) is 5.56 Å². The molecule has 0 unspecified atom stereocenters. The Hall–Kier alpha value is -3.17. The maximum atomic E-state index is 13.7. The summed E-state index contributed by atoms with van der Waals surface area (Å²) in [5, 5.41) is 1.26. The fraction of sp³-hybridized carbons (Fsp3) is 0.333. The third-order valence-corrected chi connectivity index (χ3v) is 11.5. The zero-order chi connectivity index (χ0) is 30.2. The summed E-state index contributed by atoms with van der Waals surface area (Å²) in [6.45, 7) is 19.4. The number of nitrogens with two attached hydrogens (primary N) is 1. The zero-order valence-electron chi connectivity index (χ0n) is 26.1. The van der Waals surface area contributed by atoms with Crippen molar-refractivity contribution in [2.45, 2.75) is 79.7 Å². The van der Waals surface area contributed by atoms with Crippen LogP contribution in [0.1, 0.15) is 74.9 Å². The van der Waals surface area contributed by atoms with E-state index >= 15 is 0 Å². The molecule has 4 nitrogen and oxygen atoms in total. The van der Waals surface area contributed by atoms with E-state index in [9.17, 15) is 4.89 Å². The van der Waals surface area contributed by atoms with Crippen molar-refractivity contribution in [3.63, 3.8) is 0 Å². The van der Waals surface area contributed by atoms with Gasteiger partial charge in [0, 0.05) is 0 Å². The normalized spacial score (nSPS) is 13.4. The number of hydrogen-bond donors (Lipinski definition) is 2. The van der Waals surface area contributed by atoms with Crippen LogP contribution in [-0.2, 0) is 17.4 Å². The summed E-state index contributed by atoms with van der Waals surface area (Å²) in [6.07, 6.45) is 0. The number of benzene rings is 4. The minimum atomic E-state index is -4.93. The molecule has 0 fully saturated rings. The molecule has 0 radical (unpaired) electrons. The summed E-state index contributed by atoms with van der Waals surface area (Å²) in [6, 6.07) is 27.7. The summed E-state index contributed by atoms with van der Waals surface area (Å²) < 4.78 is 14.3. The molecule has 0 aromatic heterocycles. The SMILES string of the molecule is Cc1ccccc1OP(O)(Oc1cc(CN)c(C(C)(C)C)cc1C(C)(C)C)(c1ccccc1C)c1ccccc1C. The molecular weight excluding hydrogens is 525 g/mol. The maximum absolute atomic E-state index is 13.7. The van der Waals surface area contributed by atoms with Gasteiger partial charge in [-0.25, -0.2) is 0 Å². The molecule has 0 saturated carbocycles. The Labute approximate surface area is 246 Å². The van der Waals surface area contributed by atoms with Crippen LogP contribution in [0.5, 0.6) is 11.5 Å². The van der Waals surface area contributed by atoms with Gasteiger partial charge in [-0.15, -0.1) is 0 Å². The van der Waals surface area contributed by atoms with Crippen LogP contribution in [0, 0.1) is 20.8 Å². The van der Waals surface area contributed by atoms with Crippen molar-refractivity contribution in [1.29, 1.82) is 0 Å². The first-order valence-electron chi connectivity index (χ1n) is 14.3. The second-order valence-electron chi connectivity index (χ2n) is 13.1. The summed E-state index contributed by atoms with van der Waals surface area (Å²) in [5.41, 5.74) is 11.7. The predicted molar refractivity (Wildman–Crippen MR) is 175 cm³/mol. The standard InChI is InChI=1S/C36H46NO3P/c1-25-16-10-13-19-31(25)39-41(38,33-20-14-11-17-26(33)2,34-21-15-12-18-27(34)3)40-32-22-28(24-37)29(35(4,5)6)23-30(32)36(7,8)9/h10-23,38H,24,37H2,1-9H3. The molecule has 0 saturated heterocycles. The fourth-order valence-corrected chi connectivity index (χ4v) is 9.40. The second kappa shape index (κ2) is 10.9. The van der Waals surface area contributed by atoms with Gasteiger partial charge in [0.25, 0.3) is 0 Å². The Morgan fingerprint density at radius 3 is 1.49 bits per heavy atom. The molecule has 3 N–H and O–H groups in total. The van der Waals surface area contributed by atoms with Crippen LogP contribution in [0.3, 0.4) is 0 Å². The molecule has 218 valence electrons. The molecule has 0 amide bonds. The Bertz CT molecular complexity index is 1520. The monoisotopic (exact) mass is 571 g/mol. The molecular formula is C36H46NO3P. The topological polar surface area (TPSA) is 64.7 Å². The molecule has 41 heavy (non-hydrogen) atoms. The Balaban J connectivity index is 2.18. The van der Waals surface area contributed by atoms with Crippen LogP contribution >= 0.6 is 7.28 Å². The van der Waals surface area contributed by atoms with Crippen molar-refractivity contribution >= 4 is 17.9 Å². The van der Waals surface area contributed by atoms with E-state index in [0.717, 1.165) is 27.8 Å². The first kappa shape index (κ1) is 30.8. The van der Waals surface area contributed by atoms with Crippen LogP contribution in [0.2, 0.25) is 0 Å². The van der Waals surface area contributed by atoms with Gasteiger partial charge in [0.2, 0.25) is 0 Å². The van der Waals surface area contributed by atoms with Crippen molar-refractivity contribution in [2.24, 2.45) is 5.73 Å². The summed E-state index contributed by atoms with van der Waals surface area (Å²) >= 11 is 0. The first-order chi connectivity index (χ1) is 19.1. The third-order valence-electron chi connectivity index (χ3n) is 7.75. The summed E-state index contributed by atoms with van der Waals surface area (Å²) in [4.78, 5) is 13.7. The van der Waals surface area contributed by atoms with Crippen LogP contribution < -0.4 is 25.4 Å². The van der Waals surface area contributed by atoms with E-state index < -0.39 is 7.28 Å². The van der Waals surface area contributed by atoms with E-state index in [1.807, 2.05) is 99.6 Å². The molecule has 0 heterocycles. The van der Waals surface area contributed by atoms with Crippen LogP contribution in [-0.4, -0.2) is 4.89 Å². The van der Waals surface area contributed by atoms with E-state index in [2.05, 4.69) is 47.6 Å². The molecule has 0 aliphatic rings. The molecule has 4 aromatic rings. The summed E-state index contributed by atoms with van der Waals surface area (Å²) in [5.74, 6) is 1.15. The molecule has 0 aliphatic carbocycles. The van der Waals surface area contributed by atoms with Gasteiger partial charge in [-0.1, -0.05) is 0 Å². The van der Waals surface area contributed by atoms with Gasteiger partial charge in [-0.2, -0.15) is 0 Å². The second-order valence-corrected chi connectivity index (χ2v) is 16.3. The van der Waals surface area contributed by atoms with Gasteiger partial charge in [0.05, 0.1) is 0 Å². The summed E-state index contributed by atoms with van der Waals surface area (Å²) in [7, 11) is -4.93. The predicted octanol–water partition coefficient (Wildman–Crippen LogP) is 8.06. The Morgan fingerprint density at radius 1 is 0.610 bits per heavy atom. The quantitative estimate of drug-likeness (QED) is 0.220. The van der Waals surface area contributed by atoms with Crippen molar-refractivity contribution < 1.29 is 13.9 Å². The van der Waals surface area contributed by atoms with Crippen molar-refractivity contribution in [2.75, 3.05) is 0 Å². The van der Waals surface area contributed by atoms with Crippen molar-refractivity contribution in [1.82, 2.24) is 0 Å². The fourth-order valence-electron chi connectivity index (χ4n) is 5.53. The van der Waals surface area contributed by atoms with E-state index in [1.54, 1.807) is 0 Å². The Kier molecular flexibility index (Phi) is 8.19. The van der Waals surface area contributed by atoms with Gasteiger partial charge in [-0.05, 0) is 0 Å². The molecule has 0 spiro atoms. The third kappa shape index (κ3) is 5.79. The van der Waals surface area contributed by atoms with Gasteiger partial charge in [0.15, 0.2) is 0 Å². The molecule has 4 aromatic carbocycles. The van der Waals surface area contributed by atoms with Crippen molar-refractivity contribution in [3.05, 3.63) is 118 Å². The average molecular weight is 572 g/mol. The number of para-hydroxylation sites is 1. The first-order valence-corrected chi connectivity index (χ1v) is 16.3. The van der Waals surface area contributed by atoms with Gasteiger partial charge < -0.3 is 0 Å². The zero-order valence-corrected chi connectivity index (χ0v) is 27.0. The van der Waals surface area contributed by atoms with Crippen LogP contribution in [0.25, 0.3) is 0 Å². The van der Waals surface area contributed by atoms with Gasteiger partial charge in [-0.3, -0.25) is 0 Å². The van der Waals surface area contributed by atoms with E-state index in [0.29, 0.717) is 28.7 Å². The minimum absolute atomic E-state index is 0.123. The molecule has 0 aliphatic heterocycles.